The molecule has 0 saturated heterocycles. The molecule has 0 saturated carbocycles. The molecule has 0 amide bonds. The van der Waals surface area contributed by atoms with Gasteiger partial charge in [-0.15, -0.1) is 0 Å². The molecule has 0 fully saturated rings. The Hall–Kier alpha value is -1.48. The third-order valence-electron chi connectivity index (χ3n) is 3.75. The van der Waals surface area contributed by atoms with Crippen molar-refractivity contribution in [3.8, 4) is 0 Å². The molecule has 0 aliphatic carbocycles. The number of carbonyl (C=O) groups is 1. The molecule has 0 aromatic heterocycles. The Morgan fingerprint density at radius 1 is 0.897 bits per heavy atom. The van der Waals surface area contributed by atoms with Gasteiger partial charge in [-0.25, -0.2) is 4.79 Å². The molecule has 0 N–H and O–H groups in total. The molecule has 0 unspecified atom stereocenters. The largest absolute Gasteiger partial charge is 0.458 e. The van der Waals surface area contributed by atoms with Crippen LogP contribution < -0.4 is 0 Å². The number of aryl methyl sites for hydroxylation is 1. The zero-order valence-electron chi connectivity index (χ0n) is 17.9. The van der Waals surface area contributed by atoms with Crippen LogP contribution in [0, 0.1) is 6.92 Å². The van der Waals surface area contributed by atoms with Gasteiger partial charge in [0.05, 0.1) is 11.5 Å². The Morgan fingerprint density at radius 3 is 2.21 bits per heavy atom. The average Bonchev–Trinajstić information content (AvgIpc) is 2.61. The number of benzene rings is 1. The topological polar surface area (TPSA) is 88.1 Å². The van der Waals surface area contributed by atoms with Crippen molar-refractivity contribution in [1.29, 1.82) is 0 Å². The highest BCUT2D eigenvalue weighted by Gasteiger charge is 2.17. The lowest BCUT2D eigenvalue weighted by molar-refractivity contribution is -0.160. The van der Waals surface area contributed by atoms with Crippen molar-refractivity contribution in [2.24, 2.45) is 0 Å². The highest BCUT2D eigenvalue weighted by molar-refractivity contribution is 7.86. The maximum absolute atomic E-state index is 12.1. The van der Waals surface area contributed by atoms with E-state index in [0.29, 0.717) is 38.2 Å². The Bertz CT molecular complexity index is 708. The Kier molecular flexibility index (Phi) is 11.4. The summed E-state index contributed by atoms with van der Waals surface area (Å²) in [6.07, 6.45) is 2.99. The molecule has 7 nitrogen and oxygen atoms in total. The third-order valence-corrected chi connectivity index (χ3v) is 5.23. The number of unbranched alkanes of at least 4 members (excludes halogenated alkanes) is 2. The number of rotatable bonds is 14. The van der Waals surface area contributed by atoms with Gasteiger partial charge in [0.2, 0.25) is 0 Å². The molecule has 1 aromatic rings. The second kappa shape index (κ2) is 13.0. The van der Waals surface area contributed by atoms with Crippen LogP contribution in [0.2, 0.25) is 0 Å². The SMILES string of the molecule is Cc1ccccc1S(=O)(=O)OCCCCCOCCCOCC(=O)OC(C)(C)C. The predicted octanol–water partition coefficient (Wildman–Crippen LogP) is 3.64. The fourth-order valence-electron chi connectivity index (χ4n) is 2.44. The van der Waals surface area contributed by atoms with E-state index < -0.39 is 15.7 Å². The quantitative estimate of drug-likeness (QED) is 0.253. The van der Waals surface area contributed by atoms with Crippen molar-refractivity contribution in [1.82, 2.24) is 0 Å². The summed E-state index contributed by atoms with van der Waals surface area (Å²) in [6.45, 7) is 8.87. The Balaban J connectivity index is 1.98. The van der Waals surface area contributed by atoms with Crippen LogP contribution in [0.3, 0.4) is 0 Å². The Labute approximate surface area is 174 Å². The zero-order valence-corrected chi connectivity index (χ0v) is 18.8. The van der Waals surface area contributed by atoms with Crippen molar-refractivity contribution in [2.45, 2.75) is 63.9 Å². The number of carbonyl (C=O) groups excluding carboxylic acids is 1. The van der Waals surface area contributed by atoms with Gasteiger partial charge in [-0.05, 0) is 65.0 Å². The molecular formula is C21H34O7S. The minimum Gasteiger partial charge on any atom is -0.458 e. The summed E-state index contributed by atoms with van der Waals surface area (Å²) in [7, 11) is -3.70. The van der Waals surface area contributed by atoms with Crippen LogP contribution in [-0.4, -0.2) is 53.0 Å². The first-order valence-electron chi connectivity index (χ1n) is 9.94. The first-order chi connectivity index (χ1) is 13.6. The summed E-state index contributed by atoms with van der Waals surface area (Å²) in [4.78, 5) is 11.7. The Morgan fingerprint density at radius 2 is 1.52 bits per heavy atom. The van der Waals surface area contributed by atoms with Crippen LogP contribution in [0.25, 0.3) is 0 Å². The van der Waals surface area contributed by atoms with Crippen molar-refractivity contribution < 1.29 is 31.6 Å². The van der Waals surface area contributed by atoms with Gasteiger partial charge in [-0.1, -0.05) is 18.2 Å². The first kappa shape index (κ1) is 25.6. The lowest BCUT2D eigenvalue weighted by Crippen LogP contribution is -2.26. The lowest BCUT2D eigenvalue weighted by Gasteiger charge is -2.19. The normalized spacial score (nSPS) is 12.1. The minimum absolute atomic E-state index is 0.0529. The van der Waals surface area contributed by atoms with E-state index in [9.17, 15) is 13.2 Å². The van der Waals surface area contributed by atoms with Crippen LogP contribution in [0.4, 0.5) is 0 Å². The molecule has 0 radical (unpaired) electrons. The molecule has 0 aliphatic heterocycles. The summed E-state index contributed by atoms with van der Waals surface area (Å²) < 4.78 is 45.3. The van der Waals surface area contributed by atoms with E-state index in [2.05, 4.69) is 0 Å². The van der Waals surface area contributed by atoms with Crippen molar-refractivity contribution in [3.05, 3.63) is 29.8 Å². The fourth-order valence-corrected chi connectivity index (χ4v) is 3.62. The van der Waals surface area contributed by atoms with Gasteiger partial charge in [0.15, 0.2) is 0 Å². The van der Waals surface area contributed by atoms with Gasteiger partial charge in [0, 0.05) is 19.8 Å². The maximum atomic E-state index is 12.1. The summed E-state index contributed by atoms with van der Waals surface area (Å²) in [5.74, 6) is -0.370. The van der Waals surface area contributed by atoms with Gasteiger partial charge in [0.1, 0.15) is 12.2 Å². The second-order valence-corrected chi connectivity index (χ2v) is 9.29. The fraction of sp³-hybridized carbons (Fsp3) is 0.667. The highest BCUT2D eigenvalue weighted by Crippen LogP contribution is 2.17. The third kappa shape index (κ3) is 12.0. The van der Waals surface area contributed by atoms with E-state index in [1.165, 1.54) is 0 Å². The van der Waals surface area contributed by atoms with Crippen LogP contribution in [-0.2, 0) is 33.3 Å². The van der Waals surface area contributed by atoms with Crippen LogP contribution in [0.5, 0.6) is 0 Å². The number of esters is 1. The molecular weight excluding hydrogens is 396 g/mol. The monoisotopic (exact) mass is 430 g/mol. The van der Waals surface area contributed by atoms with Gasteiger partial charge in [-0.3, -0.25) is 4.18 Å². The molecule has 1 aromatic carbocycles. The molecule has 0 atom stereocenters. The molecule has 1 rings (SSSR count). The maximum Gasteiger partial charge on any atom is 0.332 e. The summed E-state index contributed by atoms with van der Waals surface area (Å²) in [6, 6.07) is 6.77. The average molecular weight is 431 g/mol. The highest BCUT2D eigenvalue weighted by atomic mass is 32.2. The van der Waals surface area contributed by atoms with Crippen LogP contribution in [0.15, 0.2) is 29.2 Å². The standard InChI is InChI=1S/C21H34O7S/c1-18-11-6-7-12-19(18)29(23,24)27-16-9-5-8-13-25-14-10-15-26-17-20(22)28-21(2,3)4/h6-7,11-12H,5,8-10,13-17H2,1-4H3. The number of hydrogen-bond donors (Lipinski definition) is 0. The van der Waals surface area contributed by atoms with Crippen molar-refractivity contribution in [2.75, 3.05) is 33.0 Å². The predicted molar refractivity (Wildman–Crippen MR) is 110 cm³/mol. The molecule has 0 heterocycles. The van der Waals surface area contributed by atoms with Gasteiger partial charge >= 0.3 is 5.97 Å². The zero-order chi connectivity index (χ0) is 21.8. The molecule has 8 heteroatoms. The summed E-state index contributed by atoms with van der Waals surface area (Å²) in [5.41, 5.74) is 0.176. The summed E-state index contributed by atoms with van der Waals surface area (Å²) >= 11 is 0. The first-order valence-corrected chi connectivity index (χ1v) is 11.3. The van der Waals surface area contributed by atoms with E-state index in [1.807, 2.05) is 20.8 Å². The van der Waals surface area contributed by atoms with Crippen LogP contribution >= 0.6 is 0 Å². The minimum atomic E-state index is -3.70. The smallest absolute Gasteiger partial charge is 0.332 e. The van der Waals surface area contributed by atoms with Gasteiger partial charge in [-0.2, -0.15) is 8.42 Å². The van der Waals surface area contributed by atoms with E-state index in [-0.39, 0.29) is 24.1 Å². The van der Waals surface area contributed by atoms with E-state index in [0.717, 1.165) is 12.8 Å². The van der Waals surface area contributed by atoms with Gasteiger partial charge < -0.3 is 14.2 Å². The molecule has 0 aliphatic rings. The molecule has 29 heavy (non-hydrogen) atoms. The second-order valence-electron chi connectivity index (χ2n) is 7.71. The van der Waals surface area contributed by atoms with E-state index in [1.54, 1.807) is 31.2 Å². The number of ether oxygens (including phenoxy) is 3. The van der Waals surface area contributed by atoms with Crippen molar-refractivity contribution >= 4 is 16.1 Å². The van der Waals surface area contributed by atoms with E-state index >= 15 is 0 Å². The molecule has 166 valence electrons. The molecule has 0 bridgehead atoms. The molecule has 0 spiro atoms. The van der Waals surface area contributed by atoms with Gasteiger partial charge in [0.25, 0.3) is 10.1 Å². The van der Waals surface area contributed by atoms with Crippen molar-refractivity contribution in [3.63, 3.8) is 0 Å². The lowest BCUT2D eigenvalue weighted by atomic mass is 10.2. The van der Waals surface area contributed by atoms with Crippen LogP contribution in [0.1, 0.15) is 52.0 Å². The summed E-state index contributed by atoms with van der Waals surface area (Å²) in [5, 5.41) is 0. The van der Waals surface area contributed by atoms with E-state index in [4.69, 9.17) is 18.4 Å². The number of hydrogen-bond acceptors (Lipinski definition) is 7.